The van der Waals surface area contributed by atoms with Crippen LogP contribution in [0.4, 0.5) is 10.1 Å². The van der Waals surface area contributed by atoms with Crippen LogP contribution in [-0.4, -0.2) is 12.5 Å². The lowest BCUT2D eigenvalue weighted by Gasteiger charge is -2.22. The SMILES string of the molecule is Cc1ccc(NC(C(=O)NCCc2ccc(F)cc2)c2ccccc2Br)c(Cl)c1. The number of hydrogen-bond donors (Lipinski definition) is 2. The summed E-state index contributed by atoms with van der Waals surface area (Å²) in [6.45, 7) is 2.40. The van der Waals surface area contributed by atoms with Gasteiger partial charge in [-0.15, -0.1) is 0 Å². The highest BCUT2D eigenvalue weighted by Crippen LogP contribution is 2.30. The van der Waals surface area contributed by atoms with Crippen LogP contribution in [0.25, 0.3) is 0 Å². The van der Waals surface area contributed by atoms with Gasteiger partial charge >= 0.3 is 0 Å². The predicted octanol–water partition coefficient (Wildman–Crippen LogP) is 6.06. The highest BCUT2D eigenvalue weighted by Gasteiger charge is 2.23. The van der Waals surface area contributed by atoms with Crippen LogP contribution in [0.3, 0.4) is 0 Å². The highest BCUT2D eigenvalue weighted by molar-refractivity contribution is 9.10. The molecule has 3 aromatic rings. The van der Waals surface area contributed by atoms with Gasteiger partial charge in [0.2, 0.25) is 5.91 Å². The lowest BCUT2D eigenvalue weighted by Crippen LogP contribution is -2.35. The first-order valence-corrected chi connectivity index (χ1v) is 10.4. The molecule has 0 saturated heterocycles. The Kier molecular flexibility index (Phi) is 7.29. The number of carbonyl (C=O) groups excluding carboxylic acids is 1. The molecule has 0 radical (unpaired) electrons. The standard InChI is InChI=1S/C23H21BrClFN2O/c1-15-6-11-21(20(25)14-15)28-22(18-4-2-3-5-19(18)24)23(29)27-13-12-16-7-9-17(26)10-8-16/h2-11,14,22,28H,12-13H2,1H3,(H,27,29). The number of carbonyl (C=O) groups is 1. The molecule has 6 heteroatoms. The summed E-state index contributed by atoms with van der Waals surface area (Å²) in [5.74, 6) is -0.443. The van der Waals surface area contributed by atoms with Gasteiger partial charge in [-0.05, 0) is 60.4 Å². The number of aryl methyl sites for hydroxylation is 1. The van der Waals surface area contributed by atoms with Crippen LogP contribution in [-0.2, 0) is 11.2 Å². The Morgan fingerprint density at radius 1 is 1.10 bits per heavy atom. The van der Waals surface area contributed by atoms with E-state index in [9.17, 15) is 9.18 Å². The normalized spacial score (nSPS) is 11.7. The lowest BCUT2D eigenvalue weighted by atomic mass is 10.0. The Hall–Kier alpha value is -2.37. The van der Waals surface area contributed by atoms with E-state index in [1.165, 1.54) is 12.1 Å². The van der Waals surface area contributed by atoms with Gasteiger partial charge in [-0.3, -0.25) is 4.79 Å². The van der Waals surface area contributed by atoms with Gasteiger partial charge in [0, 0.05) is 11.0 Å². The number of benzene rings is 3. The fourth-order valence-electron chi connectivity index (χ4n) is 2.97. The third-order valence-electron chi connectivity index (χ3n) is 4.53. The molecule has 29 heavy (non-hydrogen) atoms. The van der Waals surface area contributed by atoms with E-state index in [4.69, 9.17) is 11.6 Å². The summed E-state index contributed by atoms with van der Waals surface area (Å²) in [4.78, 5) is 13.0. The monoisotopic (exact) mass is 474 g/mol. The van der Waals surface area contributed by atoms with Crippen LogP contribution < -0.4 is 10.6 Å². The van der Waals surface area contributed by atoms with Gasteiger partial charge < -0.3 is 10.6 Å². The molecule has 0 saturated carbocycles. The first kappa shape index (κ1) is 21.3. The molecule has 0 spiro atoms. The molecule has 3 aromatic carbocycles. The van der Waals surface area contributed by atoms with Crippen LogP contribution in [0, 0.1) is 12.7 Å². The van der Waals surface area contributed by atoms with Gasteiger partial charge in [0.1, 0.15) is 11.9 Å². The molecule has 2 N–H and O–H groups in total. The maximum atomic E-state index is 13.0. The summed E-state index contributed by atoms with van der Waals surface area (Å²) in [6.07, 6.45) is 0.611. The van der Waals surface area contributed by atoms with E-state index < -0.39 is 6.04 Å². The van der Waals surface area contributed by atoms with E-state index in [2.05, 4.69) is 26.6 Å². The zero-order valence-electron chi connectivity index (χ0n) is 15.9. The van der Waals surface area contributed by atoms with Gasteiger partial charge in [0.25, 0.3) is 0 Å². The van der Waals surface area contributed by atoms with Gasteiger partial charge in [-0.1, -0.05) is 63.9 Å². The third-order valence-corrected chi connectivity index (χ3v) is 5.56. The average Bonchev–Trinajstić information content (AvgIpc) is 2.69. The number of amides is 1. The lowest BCUT2D eigenvalue weighted by molar-refractivity contribution is -0.121. The van der Waals surface area contributed by atoms with Crippen molar-refractivity contribution in [3.05, 3.63) is 98.7 Å². The zero-order valence-corrected chi connectivity index (χ0v) is 18.2. The fraction of sp³-hybridized carbons (Fsp3) is 0.174. The Morgan fingerprint density at radius 2 is 1.83 bits per heavy atom. The van der Waals surface area contributed by atoms with E-state index in [1.807, 2.05) is 49.4 Å². The van der Waals surface area contributed by atoms with E-state index in [0.29, 0.717) is 23.7 Å². The van der Waals surface area contributed by atoms with Crippen molar-refractivity contribution in [1.29, 1.82) is 0 Å². The van der Waals surface area contributed by atoms with Gasteiger partial charge in [-0.25, -0.2) is 4.39 Å². The molecule has 0 bridgehead atoms. The number of rotatable bonds is 7. The van der Waals surface area contributed by atoms with Crippen LogP contribution in [0.5, 0.6) is 0 Å². The van der Waals surface area contributed by atoms with Crippen molar-refractivity contribution in [3.63, 3.8) is 0 Å². The summed E-state index contributed by atoms with van der Waals surface area (Å²) in [5, 5.41) is 6.78. The van der Waals surface area contributed by atoms with E-state index in [-0.39, 0.29) is 11.7 Å². The van der Waals surface area contributed by atoms with Crippen LogP contribution in [0.1, 0.15) is 22.7 Å². The van der Waals surface area contributed by atoms with Crippen molar-refractivity contribution in [2.45, 2.75) is 19.4 Å². The second-order valence-electron chi connectivity index (χ2n) is 6.75. The average molecular weight is 476 g/mol. The topological polar surface area (TPSA) is 41.1 Å². The molecule has 3 nitrogen and oxygen atoms in total. The quantitative estimate of drug-likeness (QED) is 0.436. The molecule has 0 aromatic heterocycles. The van der Waals surface area contributed by atoms with E-state index in [0.717, 1.165) is 21.2 Å². The largest absolute Gasteiger partial charge is 0.369 e. The maximum Gasteiger partial charge on any atom is 0.247 e. The molecular weight excluding hydrogens is 455 g/mol. The van der Waals surface area contributed by atoms with E-state index in [1.54, 1.807) is 12.1 Å². The van der Waals surface area contributed by atoms with Crippen molar-refractivity contribution in [3.8, 4) is 0 Å². The minimum absolute atomic E-state index is 0.171. The molecule has 0 aliphatic heterocycles. The highest BCUT2D eigenvalue weighted by atomic mass is 79.9. The van der Waals surface area contributed by atoms with Crippen LogP contribution >= 0.6 is 27.5 Å². The fourth-order valence-corrected chi connectivity index (χ4v) is 3.77. The first-order chi connectivity index (χ1) is 13.9. The van der Waals surface area contributed by atoms with E-state index >= 15 is 0 Å². The summed E-state index contributed by atoms with van der Waals surface area (Å²) in [6, 6.07) is 18.9. The summed E-state index contributed by atoms with van der Waals surface area (Å²) in [5.41, 5.74) is 3.50. The Bertz CT molecular complexity index is 994. The second kappa shape index (κ2) is 9.90. The van der Waals surface area contributed by atoms with Crippen molar-refractivity contribution >= 4 is 39.1 Å². The number of halogens is 3. The van der Waals surface area contributed by atoms with Gasteiger partial charge in [0.15, 0.2) is 0 Å². The minimum atomic E-state index is -0.626. The Morgan fingerprint density at radius 3 is 2.52 bits per heavy atom. The second-order valence-corrected chi connectivity index (χ2v) is 8.01. The maximum absolute atomic E-state index is 13.0. The molecule has 1 atom stereocenters. The summed E-state index contributed by atoms with van der Waals surface area (Å²) in [7, 11) is 0. The Balaban J connectivity index is 1.76. The number of hydrogen-bond acceptors (Lipinski definition) is 2. The molecule has 0 fully saturated rings. The third kappa shape index (κ3) is 5.81. The minimum Gasteiger partial charge on any atom is -0.369 e. The Labute approximate surface area is 183 Å². The van der Waals surface area contributed by atoms with Crippen molar-refractivity contribution < 1.29 is 9.18 Å². The van der Waals surface area contributed by atoms with Crippen molar-refractivity contribution in [1.82, 2.24) is 5.32 Å². The summed E-state index contributed by atoms with van der Waals surface area (Å²) >= 11 is 9.90. The van der Waals surface area contributed by atoms with Crippen LogP contribution in [0.2, 0.25) is 5.02 Å². The molecule has 3 rings (SSSR count). The zero-order chi connectivity index (χ0) is 20.8. The van der Waals surface area contributed by atoms with Crippen molar-refractivity contribution in [2.75, 3.05) is 11.9 Å². The van der Waals surface area contributed by atoms with Crippen LogP contribution in [0.15, 0.2) is 71.2 Å². The number of anilines is 1. The van der Waals surface area contributed by atoms with Crippen molar-refractivity contribution in [2.24, 2.45) is 0 Å². The number of nitrogens with one attached hydrogen (secondary N) is 2. The molecule has 1 unspecified atom stereocenters. The molecular formula is C23H21BrClFN2O. The molecule has 1 amide bonds. The molecule has 0 heterocycles. The molecule has 0 aliphatic rings. The van der Waals surface area contributed by atoms with Gasteiger partial charge in [0.05, 0.1) is 10.7 Å². The van der Waals surface area contributed by atoms with Gasteiger partial charge in [-0.2, -0.15) is 0 Å². The predicted molar refractivity (Wildman–Crippen MR) is 120 cm³/mol. The summed E-state index contributed by atoms with van der Waals surface area (Å²) < 4.78 is 13.9. The first-order valence-electron chi connectivity index (χ1n) is 9.23. The molecule has 150 valence electrons. The molecule has 0 aliphatic carbocycles. The smallest absolute Gasteiger partial charge is 0.247 e.